The molecule has 10 heteroatoms. The van der Waals surface area contributed by atoms with Crippen LogP contribution < -0.4 is 4.90 Å². The first-order valence-corrected chi connectivity index (χ1v) is 5.62. The summed E-state index contributed by atoms with van der Waals surface area (Å²) >= 11 is 0. The Labute approximate surface area is 115 Å². The van der Waals surface area contributed by atoms with E-state index in [1.807, 2.05) is 0 Å². The van der Waals surface area contributed by atoms with E-state index < -0.39 is 36.1 Å². The standard InChI is InChI=1S/C11H8F3N3O4/c12-11(13,14)6-15-5-9(18)16(10(15)19)7-1-3-8(4-2-7)17(20)21/h1-4H,5-6H2. The van der Waals surface area contributed by atoms with Crippen molar-refractivity contribution in [2.75, 3.05) is 18.0 Å². The van der Waals surface area contributed by atoms with E-state index in [0.717, 1.165) is 24.3 Å². The predicted octanol–water partition coefficient (Wildman–Crippen LogP) is 1.93. The maximum Gasteiger partial charge on any atom is 0.406 e. The second-order valence-corrected chi connectivity index (χ2v) is 4.26. The van der Waals surface area contributed by atoms with Crippen molar-refractivity contribution in [2.24, 2.45) is 0 Å². The summed E-state index contributed by atoms with van der Waals surface area (Å²) in [5.74, 6) is -0.821. The van der Waals surface area contributed by atoms with Crippen molar-refractivity contribution in [1.82, 2.24) is 4.90 Å². The molecular formula is C11H8F3N3O4. The number of halogens is 3. The molecule has 1 aromatic rings. The van der Waals surface area contributed by atoms with Gasteiger partial charge in [-0.1, -0.05) is 0 Å². The first kappa shape index (κ1) is 14.8. The molecule has 2 rings (SSSR count). The number of non-ortho nitro benzene ring substituents is 1. The van der Waals surface area contributed by atoms with Crippen LogP contribution in [0.2, 0.25) is 0 Å². The summed E-state index contributed by atoms with van der Waals surface area (Å²) in [6.07, 6.45) is -4.61. The number of nitro benzene ring substituents is 1. The zero-order valence-electron chi connectivity index (χ0n) is 10.3. The van der Waals surface area contributed by atoms with E-state index in [1.165, 1.54) is 0 Å². The van der Waals surface area contributed by atoms with Crippen LogP contribution in [0.4, 0.5) is 29.3 Å². The van der Waals surface area contributed by atoms with Crippen molar-refractivity contribution in [1.29, 1.82) is 0 Å². The third-order valence-corrected chi connectivity index (χ3v) is 2.73. The Balaban J connectivity index is 2.22. The van der Waals surface area contributed by atoms with Crippen molar-refractivity contribution in [2.45, 2.75) is 6.18 Å². The van der Waals surface area contributed by atoms with Gasteiger partial charge in [0, 0.05) is 12.1 Å². The Hall–Kier alpha value is -2.65. The monoisotopic (exact) mass is 303 g/mol. The van der Waals surface area contributed by atoms with Gasteiger partial charge < -0.3 is 4.90 Å². The molecule has 0 bridgehead atoms. The van der Waals surface area contributed by atoms with E-state index in [1.54, 1.807) is 0 Å². The zero-order chi connectivity index (χ0) is 15.8. The number of hydrogen-bond acceptors (Lipinski definition) is 4. The number of carbonyl (C=O) groups is 2. The normalized spacial score (nSPS) is 15.8. The van der Waals surface area contributed by atoms with Crippen LogP contribution in [0.15, 0.2) is 24.3 Å². The van der Waals surface area contributed by atoms with Gasteiger partial charge in [0.2, 0.25) is 0 Å². The number of urea groups is 1. The average molecular weight is 303 g/mol. The minimum atomic E-state index is -4.61. The highest BCUT2D eigenvalue weighted by Crippen LogP contribution is 2.26. The van der Waals surface area contributed by atoms with Crippen LogP contribution in [0, 0.1) is 10.1 Å². The van der Waals surface area contributed by atoms with Gasteiger partial charge in [-0.2, -0.15) is 13.2 Å². The molecular weight excluding hydrogens is 295 g/mol. The second-order valence-electron chi connectivity index (χ2n) is 4.26. The smallest absolute Gasteiger partial charge is 0.306 e. The molecule has 0 aliphatic carbocycles. The molecule has 0 aromatic heterocycles. The summed E-state index contributed by atoms with van der Waals surface area (Å²) in [6, 6.07) is 3.27. The predicted molar refractivity (Wildman–Crippen MR) is 63.6 cm³/mol. The number of alkyl halides is 3. The Morgan fingerprint density at radius 2 is 1.76 bits per heavy atom. The lowest BCUT2D eigenvalue weighted by Crippen LogP contribution is -2.38. The van der Waals surface area contributed by atoms with Gasteiger partial charge in [-0.05, 0) is 12.1 Å². The number of nitrogens with zero attached hydrogens (tertiary/aromatic N) is 3. The highest BCUT2D eigenvalue weighted by molar-refractivity contribution is 6.19. The number of hydrogen-bond donors (Lipinski definition) is 0. The second kappa shape index (κ2) is 5.04. The molecule has 1 aliphatic heterocycles. The average Bonchev–Trinajstić information content (AvgIpc) is 2.62. The SMILES string of the molecule is O=C1CN(CC(F)(F)F)C(=O)N1c1ccc([N+](=O)[O-])cc1. The molecule has 1 saturated heterocycles. The zero-order valence-corrected chi connectivity index (χ0v) is 10.3. The fourth-order valence-corrected chi connectivity index (χ4v) is 1.87. The Morgan fingerprint density at radius 1 is 1.19 bits per heavy atom. The number of imide groups is 1. The minimum Gasteiger partial charge on any atom is -0.306 e. The molecule has 1 heterocycles. The summed E-state index contributed by atoms with van der Waals surface area (Å²) < 4.78 is 36.8. The third kappa shape index (κ3) is 3.09. The molecule has 1 fully saturated rings. The lowest BCUT2D eigenvalue weighted by Gasteiger charge is -2.18. The maximum atomic E-state index is 12.3. The third-order valence-electron chi connectivity index (χ3n) is 2.73. The molecule has 0 N–H and O–H groups in total. The van der Waals surface area contributed by atoms with Crippen molar-refractivity contribution in [3.8, 4) is 0 Å². The largest absolute Gasteiger partial charge is 0.406 e. The quantitative estimate of drug-likeness (QED) is 0.485. The van der Waals surface area contributed by atoms with Gasteiger partial charge >= 0.3 is 12.2 Å². The van der Waals surface area contributed by atoms with Crippen molar-refractivity contribution in [3.63, 3.8) is 0 Å². The fourth-order valence-electron chi connectivity index (χ4n) is 1.87. The number of nitro groups is 1. The lowest BCUT2D eigenvalue weighted by molar-refractivity contribution is -0.384. The highest BCUT2D eigenvalue weighted by Gasteiger charge is 2.42. The number of benzene rings is 1. The molecule has 0 spiro atoms. The van der Waals surface area contributed by atoms with Gasteiger partial charge in [0.25, 0.3) is 11.6 Å². The van der Waals surface area contributed by atoms with Crippen LogP contribution in [-0.2, 0) is 4.79 Å². The van der Waals surface area contributed by atoms with E-state index in [2.05, 4.69) is 0 Å². The van der Waals surface area contributed by atoms with E-state index in [0.29, 0.717) is 9.80 Å². The summed E-state index contributed by atoms with van der Waals surface area (Å²) in [7, 11) is 0. The summed E-state index contributed by atoms with van der Waals surface area (Å²) in [4.78, 5) is 34.2. The van der Waals surface area contributed by atoms with Crippen LogP contribution in [0.1, 0.15) is 0 Å². The first-order valence-electron chi connectivity index (χ1n) is 5.62. The van der Waals surface area contributed by atoms with Crippen LogP contribution in [-0.4, -0.2) is 41.0 Å². The molecule has 1 aromatic carbocycles. The summed E-state index contributed by atoms with van der Waals surface area (Å²) in [5.41, 5.74) is -0.273. The van der Waals surface area contributed by atoms with Gasteiger partial charge in [-0.15, -0.1) is 0 Å². The molecule has 0 unspecified atom stereocenters. The summed E-state index contributed by atoms with van der Waals surface area (Å²) in [6.45, 7) is -2.21. The summed E-state index contributed by atoms with van der Waals surface area (Å²) in [5, 5.41) is 10.5. The van der Waals surface area contributed by atoms with Crippen LogP contribution >= 0.6 is 0 Å². The van der Waals surface area contributed by atoms with Crippen molar-refractivity contribution in [3.05, 3.63) is 34.4 Å². The first-order chi connectivity index (χ1) is 9.69. The van der Waals surface area contributed by atoms with Crippen molar-refractivity contribution >= 4 is 23.3 Å². The number of anilines is 1. The molecule has 7 nitrogen and oxygen atoms in total. The van der Waals surface area contributed by atoms with Crippen LogP contribution in [0.25, 0.3) is 0 Å². The fraction of sp³-hybridized carbons (Fsp3) is 0.273. The van der Waals surface area contributed by atoms with E-state index in [9.17, 15) is 32.9 Å². The molecule has 0 atom stereocenters. The van der Waals surface area contributed by atoms with Gasteiger partial charge in [0.05, 0.1) is 10.6 Å². The van der Waals surface area contributed by atoms with E-state index >= 15 is 0 Å². The topological polar surface area (TPSA) is 83.8 Å². The molecule has 1 aliphatic rings. The molecule has 0 radical (unpaired) electrons. The maximum absolute atomic E-state index is 12.3. The van der Waals surface area contributed by atoms with E-state index in [4.69, 9.17) is 0 Å². The lowest BCUT2D eigenvalue weighted by atomic mass is 10.2. The van der Waals surface area contributed by atoms with Gasteiger partial charge in [-0.3, -0.25) is 14.9 Å². The van der Waals surface area contributed by atoms with Crippen LogP contribution in [0.5, 0.6) is 0 Å². The van der Waals surface area contributed by atoms with Gasteiger partial charge in [0.1, 0.15) is 13.1 Å². The number of amides is 3. The minimum absolute atomic E-state index is 0.0136. The van der Waals surface area contributed by atoms with Crippen LogP contribution in [0.3, 0.4) is 0 Å². The van der Waals surface area contributed by atoms with Crippen molar-refractivity contribution < 1.29 is 27.7 Å². The number of rotatable bonds is 3. The Bertz CT molecular complexity index is 600. The Kier molecular flexibility index (Phi) is 3.54. The highest BCUT2D eigenvalue weighted by atomic mass is 19.4. The molecule has 21 heavy (non-hydrogen) atoms. The molecule has 0 saturated carbocycles. The molecule has 3 amide bonds. The van der Waals surface area contributed by atoms with Gasteiger partial charge in [0.15, 0.2) is 0 Å². The van der Waals surface area contributed by atoms with Gasteiger partial charge in [-0.25, -0.2) is 9.69 Å². The number of carbonyl (C=O) groups excluding carboxylic acids is 2. The Morgan fingerprint density at radius 3 is 2.24 bits per heavy atom. The van der Waals surface area contributed by atoms with E-state index in [-0.39, 0.29) is 11.4 Å². The molecule has 112 valence electrons.